The standard InChI is InChI=1S/C23H26FN3O3S/c1-3-27(4-2)15-16-30-22(29)18-8-12-20(13-9-18)25-23(31)26-21(28)14-7-17-5-10-19(24)11-6-17/h5-14H,3-4,15-16H2,1-2H3,(H2,25,26,28,31). The van der Waals surface area contributed by atoms with Gasteiger partial charge in [0.25, 0.3) is 0 Å². The van der Waals surface area contributed by atoms with Crippen LogP contribution in [0.3, 0.4) is 0 Å². The van der Waals surface area contributed by atoms with Crippen LogP contribution in [0.4, 0.5) is 10.1 Å². The zero-order valence-corrected chi connectivity index (χ0v) is 18.4. The number of carbonyl (C=O) groups is 2. The van der Waals surface area contributed by atoms with Gasteiger partial charge < -0.3 is 15.0 Å². The van der Waals surface area contributed by atoms with Crippen LogP contribution in [0.1, 0.15) is 29.8 Å². The highest BCUT2D eigenvalue weighted by Gasteiger charge is 2.09. The van der Waals surface area contributed by atoms with Crippen molar-refractivity contribution >= 4 is 41.0 Å². The number of benzene rings is 2. The fraction of sp³-hybridized carbons (Fsp3) is 0.261. The Hall–Kier alpha value is -3.10. The van der Waals surface area contributed by atoms with Gasteiger partial charge in [0.05, 0.1) is 5.56 Å². The van der Waals surface area contributed by atoms with E-state index < -0.39 is 5.91 Å². The van der Waals surface area contributed by atoms with Crippen LogP contribution in [-0.2, 0) is 9.53 Å². The Balaban J connectivity index is 1.79. The van der Waals surface area contributed by atoms with Crippen LogP contribution < -0.4 is 10.6 Å². The Morgan fingerprint density at radius 3 is 2.32 bits per heavy atom. The summed E-state index contributed by atoms with van der Waals surface area (Å²) in [5.74, 6) is -1.15. The van der Waals surface area contributed by atoms with E-state index >= 15 is 0 Å². The number of hydrogen-bond acceptors (Lipinski definition) is 5. The molecule has 2 rings (SSSR count). The van der Waals surface area contributed by atoms with Crippen LogP contribution in [-0.4, -0.2) is 48.1 Å². The SMILES string of the molecule is CCN(CC)CCOC(=O)c1ccc(NC(=S)NC(=O)C=Cc2ccc(F)cc2)cc1. The Kier molecular flexibility index (Phi) is 9.80. The Morgan fingerprint density at radius 2 is 1.71 bits per heavy atom. The first-order chi connectivity index (χ1) is 14.9. The van der Waals surface area contributed by atoms with Gasteiger partial charge in [0.1, 0.15) is 12.4 Å². The van der Waals surface area contributed by atoms with Crippen LogP contribution in [0, 0.1) is 5.82 Å². The highest BCUT2D eigenvalue weighted by Crippen LogP contribution is 2.11. The lowest BCUT2D eigenvalue weighted by atomic mass is 10.2. The van der Waals surface area contributed by atoms with Crippen LogP contribution in [0.2, 0.25) is 0 Å². The van der Waals surface area contributed by atoms with Crippen molar-refractivity contribution in [3.63, 3.8) is 0 Å². The molecule has 0 spiro atoms. The summed E-state index contributed by atoms with van der Waals surface area (Å²) in [4.78, 5) is 26.2. The molecular weight excluding hydrogens is 417 g/mol. The number of carbonyl (C=O) groups excluding carboxylic acids is 2. The van der Waals surface area contributed by atoms with Gasteiger partial charge in [0.2, 0.25) is 5.91 Å². The number of esters is 1. The third kappa shape index (κ3) is 8.65. The second-order valence-corrected chi connectivity index (χ2v) is 6.98. The third-order valence-corrected chi connectivity index (χ3v) is 4.65. The molecule has 0 aliphatic heterocycles. The van der Waals surface area contributed by atoms with Gasteiger partial charge >= 0.3 is 5.97 Å². The smallest absolute Gasteiger partial charge is 0.338 e. The zero-order chi connectivity index (χ0) is 22.6. The molecule has 164 valence electrons. The molecule has 0 heterocycles. The van der Waals surface area contributed by atoms with Crippen molar-refractivity contribution in [2.75, 3.05) is 31.6 Å². The summed E-state index contributed by atoms with van der Waals surface area (Å²) < 4.78 is 18.2. The van der Waals surface area contributed by atoms with E-state index in [4.69, 9.17) is 17.0 Å². The molecule has 0 fully saturated rings. The predicted octanol–water partition coefficient (Wildman–Crippen LogP) is 3.85. The number of nitrogens with zero attached hydrogens (tertiary/aromatic N) is 1. The number of amides is 1. The second-order valence-electron chi connectivity index (χ2n) is 6.57. The molecule has 0 saturated carbocycles. The Morgan fingerprint density at radius 1 is 1.06 bits per heavy atom. The number of halogens is 1. The molecule has 2 aromatic rings. The van der Waals surface area contributed by atoms with Crippen LogP contribution in [0.15, 0.2) is 54.6 Å². The van der Waals surface area contributed by atoms with Crippen molar-refractivity contribution in [2.45, 2.75) is 13.8 Å². The van der Waals surface area contributed by atoms with Crippen LogP contribution in [0.25, 0.3) is 6.08 Å². The van der Waals surface area contributed by atoms with Gasteiger partial charge in [0, 0.05) is 18.3 Å². The number of ether oxygens (including phenoxy) is 1. The summed E-state index contributed by atoms with van der Waals surface area (Å²) in [5, 5.41) is 5.51. The van der Waals surface area contributed by atoms with Crippen molar-refractivity contribution in [1.82, 2.24) is 10.2 Å². The average molecular weight is 444 g/mol. The largest absolute Gasteiger partial charge is 0.461 e. The van der Waals surface area contributed by atoms with Crippen LogP contribution in [0.5, 0.6) is 0 Å². The van der Waals surface area contributed by atoms with Crippen LogP contribution >= 0.6 is 12.2 Å². The van der Waals surface area contributed by atoms with E-state index in [0.717, 1.165) is 13.1 Å². The van der Waals surface area contributed by atoms with Crippen molar-refractivity contribution < 1.29 is 18.7 Å². The summed E-state index contributed by atoms with van der Waals surface area (Å²) in [6, 6.07) is 12.4. The van der Waals surface area contributed by atoms with E-state index in [1.165, 1.54) is 18.2 Å². The van der Waals surface area contributed by atoms with Crippen molar-refractivity contribution in [3.8, 4) is 0 Å². The minimum absolute atomic E-state index is 0.114. The summed E-state index contributed by atoms with van der Waals surface area (Å²) in [7, 11) is 0. The molecule has 8 heteroatoms. The Bertz CT molecular complexity index is 911. The van der Waals surface area contributed by atoms with Gasteiger partial charge in [-0.25, -0.2) is 9.18 Å². The van der Waals surface area contributed by atoms with E-state index in [9.17, 15) is 14.0 Å². The number of hydrogen-bond donors (Lipinski definition) is 2. The van der Waals surface area contributed by atoms with Crippen molar-refractivity contribution in [1.29, 1.82) is 0 Å². The molecule has 0 aliphatic rings. The van der Waals surface area contributed by atoms with E-state index in [0.29, 0.717) is 30.0 Å². The van der Waals surface area contributed by atoms with E-state index in [-0.39, 0.29) is 16.9 Å². The summed E-state index contributed by atoms with van der Waals surface area (Å²) >= 11 is 5.13. The predicted molar refractivity (Wildman–Crippen MR) is 124 cm³/mol. The first-order valence-corrected chi connectivity index (χ1v) is 10.4. The molecule has 31 heavy (non-hydrogen) atoms. The normalized spacial score (nSPS) is 10.8. The summed E-state index contributed by atoms with van der Waals surface area (Å²) in [5.41, 5.74) is 1.74. The van der Waals surface area contributed by atoms with Gasteiger partial charge in [-0.2, -0.15) is 0 Å². The summed E-state index contributed by atoms with van der Waals surface area (Å²) in [6.45, 7) is 6.97. The monoisotopic (exact) mass is 443 g/mol. The van der Waals surface area contributed by atoms with E-state index in [2.05, 4.69) is 29.4 Å². The summed E-state index contributed by atoms with van der Waals surface area (Å²) in [6.07, 6.45) is 2.86. The van der Waals surface area contributed by atoms with E-state index in [1.54, 1.807) is 42.5 Å². The minimum atomic E-state index is -0.421. The molecule has 2 N–H and O–H groups in total. The minimum Gasteiger partial charge on any atom is -0.461 e. The molecule has 0 bridgehead atoms. The maximum Gasteiger partial charge on any atom is 0.338 e. The molecule has 1 amide bonds. The maximum absolute atomic E-state index is 12.9. The quantitative estimate of drug-likeness (QED) is 0.349. The molecular formula is C23H26FN3O3S. The van der Waals surface area contributed by atoms with Crippen molar-refractivity contribution in [2.24, 2.45) is 0 Å². The number of rotatable bonds is 9. The number of nitrogens with one attached hydrogen (secondary N) is 2. The van der Waals surface area contributed by atoms with E-state index in [1.807, 2.05) is 0 Å². The number of likely N-dealkylation sites (N-methyl/N-ethyl adjacent to an activating group) is 1. The molecule has 0 aromatic heterocycles. The molecule has 6 nitrogen and oxygen atoms in total. The topological polar surface area (TPSA) is 70.7 Å². The fourth-order valence-corrected chi connectivity index (χ4v) is 2.86. The first-order valence-electron chi connectivity index (χ1n) is 9.96. The van der Waals surface area contributed by atoms with Gasteiger partial charge in [0.15, 0.2) is 5.11 Å². The molecule has 2 aromatic carbocycles. The first kappa shape index (κ1) is 24.2. The molecule has 0 unspecified atom stereocenters. The maximum atomic E-state index is 12.9. The zero-order valence-electron chi connectivity index (χ0n) is 17.6. The van der Waals surface area contributed by atoms with Gasteiger partial charge in [-0.05, 0) is 73.3 Å². The fourth-order valence-electron chi connectivity index (χ4n) is 2.64. The van der Waals surface area contributed by atoms with Crippen molar-refractivity contribution in [3.05, 3.63) is 71.6 Å². The molecule has 0 aliphatic carbocycles. The molecule has 0 radical (unpaired) electrons. The lowest BCUT2D eigenvalue weighted by Gasteiger charge is -2.17. The lowest BCUT2D eigenvalue weighted by molar-refractivity contribution is -0.115. The molecule has 0 saturated heterocycles. The third-order valence-electron chi connectivity index (χ3n) is 4.45. The second kappa shape index (κ2) is 12.6. The van der Waals surface area contributed by atoms with Gasteiger partial charge in [-0.15, -0.1) is 0 Å². The van der Waals surface area contributed by atoms with Gasteiger partial charge in [-0.1, -0.05) is 26.0 Å². The molecule has 0 atom stereocenters. The lowest BCUT2D eigenvalue weighted by Crippen LogP contribution is -2.32. The number of anilines is 1. The average Bonchev–Trinajstić information content (AvgIpc) is 2.76. The number of thiocarbonyl (C=S) groups is 1. The Labute approximate surface area is 187 Å². The van der Waals surface area contributed by atoms with Gasteiger partial charge in [-0.3, -0.25) is 10.1 Å². The highest BCUT2D eigenvalue weighted by molar-refractivity contribution is 7.80. The highest BCUT2D eigenvalue weighted by atomic mass is 32.1.